The number of aromatic nitrogens is 2. The largest absolute Gasteiger partial charge is 0.479 e. The maximum absolute atomic E-state index is 11.5. The first-order valence-electron chi connectivity index (χ1n) is 6.01. The van der Waals surface area contributed by atoms with Gasteiger partial charge in [-0.05, 0) is 31.1 Å². The van der Waals surface area contributed by atoms with Crippen LogP contribution in [0.1, 0.15) is 38.5 Å². The molecule has 0 unspecified atom stereocenters. The van der Waals surface area contributed by atoms with Crippen LogP contribution in [-0.2, 0) is 10.3 Å². The van der Waals surface area contributed by atoms with Crippen LogP contribution in [0.3, 0.4) is 0 Å². The average molecular weight is 255 g/mol. The number of halogens is 1. The molecular weight excluding hydrogens is 240 g/mol. The van der Waals surface area contributed by atoms with Crippen molar-refractivity contribution in [2.75, 3.05) is 0 Å². The second-order valence-electron chi connectivity index (χ2n) is 5.50. The fourth-order valence-corrected chi connectivity index (χ4v) is 3.75. The average Bonchev–Trinajstić information content (AvgIpc) is 2.82. The fourth-order valence-electron chi connectivity index (χ4n) is 3.61. The van der Waals surface area contributed by atoms with Crippen molar-refractivity contribution in [3.8, 4) is 0 Å². The number of hydrogen-bond acceptors (Lipinski definition) is 2. The summed E-state index contributed by atoms with van der Waals surface area (Å²) in [4.78, 5) is 11.5. The first-order valence-corrected chi connectivity index (χ1v) is 6.38. The third kappa shape index (κ3) is 1.50. The van der Waals surface area contributed by atoms with Crippen molar-refractivity contribution in [1.82, 2.24) is 9.78 Å². The standard InChI is InChI=1S/C12H15ClN2O2/c13-9-5-14-15(6-9)12(10(16)17)7-11(8-12)3-1-2-4-11/h5-6H,1-4,7-8H2,(H,16,17). The number of carboxylic acids is 1. The van der Waals surface area contributed by atoms with Gasteiger partial charge >= 0.3 is 5.97 Å². The van der Waals surface area contributed by atoms with E-state index in [1.165, 1.54) is 19.0 Å². The van der Waals surface area contributed by atoms with E-state index in [1.807, 2.05) is 0 Å². The highest BCUT2D eigenvalue weighted by Crippen LogP contribution is 2.61. The number of carboxylic acid groups (broad SMARTS) is 1. The van der Waals surface area contributed by atoms with E-state index in [9.17, 15) is 9.90 Å². The van der Waals surface area contributed by atoms with Gasteiger partial charge in [0.2, 0.25) is 0 Å². The topological polar surface area (TPSA) is 55.1 Å². The van der Waals surface area contributed by atoms with Crippen LogP contribution in [0.5, 0.6) is 0 Å². The Morgan fingerprint density at radius 3 is 2.53 bits per heavy atom. The molecule has 0 aromatic carbocycles. The number of nitrogens with zero attached hydrogens (tertiary/aromatic N) is 2. The summed E-state index contributed by atoms with van der Waals surface area (Å²) in [5.41, 5.74) is -0.589. The molecule has 0 radical (unpaired) electrons. The van der Waals surface area contributed by atoms with Crippen molar-refractivity contribution in [2.24, 2.45) is 5.41 Å². The van der Waals surface area contributed by atoms with Gasteiger partial charge in [0, 0.05) is 6.20 Å². The predicted molar refractivity (Wildman–Crippen MR) is 63.0 cm³/mol. The summed E-state index contributed by atoms with van der Waals surface area (Å²) in [6.45, 7) is 0. The second kappa shape index (κ2) is 3.48. The first-order chi connectivity index (χ1) is 8.06. The van der Waals surface area contributed by atoms with Crippen LogP contribution in [0.2, 0.25) is 5.02 Å². The summed E-state index contributed by atoms with van der Waals surface area (Å²) in [5, 5.41) is 14.1. The van der Waals surface area contributed by atoms with Crippen molar-refractivity contribution >= 4 is 17.6 Å². The minimum atomic E-state index is -0.850. The van der Waals surface area contributed by atoms with E-state index < -0.39 is 11.5 Å². The highest BCUT2D eigenvalue weighted by Gasteiger charge is 2.61. The molecule has 0 bridgehead atoms. The molecule has 17 heavy (non-hydrogen) atoms. The normalized spacial score (nSPS) is 24.8. The Morgan fingerprint density at radius 1 is 1.41 bits per heavy atom. The Labute approximate surface area is 105 Å². The lowest BCUT2D eigenvalue weighted by molar-refractivity contribution is -0.164. The summed E-state index contributed by atoms with van der Waals surface area (Å²) < 4.78 is 1.54. The molecule has 5 heteroatoms. The Balaban J connectivity index is 1.90. The summed E-state index contributed by atoms with van der Waals surface area (Å²) in [6, 6.07) is 0. The minimum Gasteiger partial charge on any atom is -0.479 e. The van der Waals surface area contributed by atoms with E-state index in [4.69, 9.17) is 11.6 Å². The summed E-state index contributed by atoms with van der Waals surface area (Å²) in [5.74, 6) is -0.783. The van der Waals surface area contributed by atoms with Crippen molar-refractivity contribution in [3.05, 3.63) is 17.4 Å². The van der Waals surface area contributed by atoms with Gasteiger partial charge in [-0.2, -0.15) is 5.10 Å². The Kier molecular flexibility index (Phi) is 2.27. The van der Waals surface area contributed by atoms with Crippen molar-refractivity contribution < 1.29 is 9.90 Å². The van der Waals surface area contributed by atoms with Crippen molar-refractivity contribution in [3.63, 3.8) is 0 Å². The molecule has 92 valence electrons. The maximum Gasteiger partial charge on any atom is 0.331 e. The van der Waals surface area contributed by atoms with Crippen LogP contribution in [0.25, 0.3) is 0 Å². The molecule has 1 aromatic rings. The number of aliphatic carboxylic acids is 1. The molecule has 2 saturated carbocycles. The van der Waals surface area contributed by atoms with E-state index >= 15 is 0 Å². The SMILES string of the molecule is O=C(O)C1(n2cc(Cl)cn2)CC2(CCCC2)C1. The molecule has 2 aliphatic rings. The van der Waals surface area contributed by atoms with E-state index in [2.05, 4.69) is 5.10 Å². The molecule has 0 atom stereocenters. The van der Waals surface area contributed by atoms with Crippen LogP contribution in [-0.4, -0.2) is 20.9 Å². The van der Waals surface area contributed by atoms with E-state index in [0.29, 0.717) is 17.9 Å². The van der Waals surface area contributed by atoms with Gasteiger partial charge in [-0.1, -0.05) is 24.4 Å². The number of carbonyl (C=O) groups is 1. The molecule has 1 heterocycles. The smallest absolute Gasteiger partial charge is 0.331 e. The molecule has 1 spiro atoms. The summed E-state index contributed by atoms with van der Waals surface area (Å²) >= 11 is 5.83. The molecule has 0 saturated heterocycles. The van der Waals surface area contributed by atoms with Crippen molar-refractivity contribution in [1.29, 1.82) is 0 Å². The number of hydrogen-bond donors (Lipinski definition) is 1. The second-order valence-corrected chi connectivity index (χ2v) is 5.94. The Hall–Kier alpha value is -1.03. The van der Waals surface area contributed by atoms with Gasteiger partial charge in [-0.3, -0.25) is 4.68 Å². The maximum atomic E-state index is 11.5. The monoisotopic (exact) mass is 254 g/mol. The lowest BCUT2D eigenvalue weighted by Crippen LogP contribution is -2.57. The van der Waals surface area contributed by atoms with Gasteiger partial charge in [0.15, 0.2) is 5.54 Å². The molecule has 4 nitrogen and oxygen atoms in total. The zero-order valence-electron chi connectivity index (χ0n) is 9.53. The van der Waals surface area contributed by atoms with Crippen LogP contribution < -0.4 is 0 Å². The van der Waals surface area contributed by atoms with Crippen LogP contribution in [0.15, 0.2) is 12.4 Å². The summed E-state index contributed by atoms with van der Waals surface area (Å²) in [7, 11) is 0. The predicted octanol–water partition coefficient (Wildman–Crippen LogP) is 2.67. The first kappa shape index (κ1) is 11.1. The van der Waals surface area contributed by atoms with Crippen LogP contribution in [0, 0.1) is 5.41 Å². The van der Waals surface area contributed by atoms with Gasteiger partial charge in [-0.15, -0.1) is 0 Å². The minimum absolute atomic E-state index is 0.261. The molecule has 1 aromatic heterocycles. The van der Waals surface area contributed by atoms with Gasteiger partial charge in [0.05, 0.1) is 11.2 Å². The quantitative estimate of drug-likeness (QED) is 0.883. The Bertz CT molecular complexity index is 455. The highest BCUT2D eigenvalue weighted by atomic mass is 35.5. The third-order valence-corrected chi connectivity index (χ3v) is 4.58. The van der Waals surface area contributed by atoms with E-state index in [0.717, 1.165) is 12.8 Å². The van der Waals surface area contributed by atoms with Gasteiger partial charge in [0.1, 0.15) is 0 Å². The van der Waals surface area contributed by atoms with Gasteiger partial charge in [-0.25, -0.2) is 4.79 Å². The van der Waals surface area contributed by atoms with Gasteiger partial charge < -0.3 is 5.11 Å². The zero-order valence-corrected chi connectivity index (χ0v) is 10.3. The molecule has 0 aliphatic heterocycles. The third-order valence-electron chi connectivity index (χ3n) is 4.39. The highest BCUT2D eigenvalue weighted by molar-refractivity contribution is 6.30. The molecule has 2 fully saturated rings. The van der Waals surface area contributed by atoms with E-state index in [-0.39, 0.29) is 5.41 Å². The molecule has 3 rings (SSSR count). The lowest BCUT2D eigenvalue weighted by atomic mass is 9.56. The summed E-state index contributed by atoms with van der Waals surface area (Å²) in [6.07, 6.45) is 9.32. The molecule has 2 aliphatic carbocycles. The molecule has 0 amide bonds. The van der Waals surface area contributed by atoms with Crippen LogP contribution >= 0.6 is 11.6 Å². The zero-order chi connectivity index (χ0) is 12.1. The number of rotatable bonds is 2. The van der Waals surface area contributed by atoms with Gasteiger partial charge in [0.25, 0.3) is 0 Å². The fraction of sp³-hybridized carbons (Fsp3) is 0.667. The molecular formula is C12H15ClN2O2. The lowest BCUT2D eigenvalue weighted by Gasteiger charge is -2.52. The van der Waals surface area contributed by atoms with E-state index in [1.54, 1.807) is 10.9 Å². The van der Waals surface area contributed by atoms with Crippen molar-refractivity contribution in [2.45, 2.75) is 44.1 Å². The Morgan fingerprint density at radius 2 is 2.06 bits per heavy atom. The van der Waals surface area contributed by atoms with Crippen LogP contribution in [0.4, 0.5) is 0 Å². The molecule has 1 N–H and O–H groups in total.